The number of amides is 1. The average Bonchev–Trinajstić information content (AvgIpc) is 2.96. The minimum absolute atomic E-state index is 0.0424. The number of aromatic nitrogens is 2. The van der Waals surface area contributed by atoms with E-state index in [0.717, 1.165) is 15.4 Å². The number of nitrogens with zero attached hydrogens (tertiary/aromatic N) is 3. The van der Waals surface area contributed by atoms with Crippen LogP contribution in [0.25, 0.3) is 10.6 Å². The van der Waals surface area contributed by atoms with E-state index in [9.17, 15) is 4.79 Å². The molecule has 25 heavy (non-hydrogen) atoms. The van der Waals surface area contributed by atoms with E-state index >= 15 is 0 Å². The van der Waals surface area contributed by atoms with Gasteiger partial charge in [-0.25, -0.2) is 4.68 Å². The van der Waals surface area contributed by atoms with Crippen LogP contribution < -0.4 is 10.1 Å². The molecule has 1 aromatic heterocycles. The molecule has 0 unspecified atom stereocenters. The van der Waals surface area contributed by atoms with Crippen molar-refractivity contribution >= 4 is 17.2 Å². The summed E-state index contributed by atoms with van der Waals surface area (Å²) < 4.78 is 1.87. The Morgan fingerprint density at radius 2 is 1.92 bits per heavy atom. The molecule has 1 saturated carbocycles. The van der Waals surface area contributed by atoms with E-state index in [0.29, 0.717) is 11.6 Å². The highest BCUT2D eigenvalue weighted by Crippen LogP contribution is 2.22. The summed E-state index contributed by atoms with van der Waals surface area (Å²) in [5, 5.41) is 8.45. The van der Waals surface area contributed by atoms with Crippen molar-refractivity contribution in [1.29, 1.82) is 0 Å². The van der Waals surface area contributed by atoms with Gasteiger partial charge in [-0.15, -0.1) is 0 Å². The van der Waals surface area contributed by atoms with Crippen molar-refractivity contribution in [3.8, 4) is 10.6 Å². The van der Waals surface area contributed by atoms with Crippen LogP contribution in [0.15, 0.2) is 29.3 Å². The van der Waals surface area contributed by atoms with Crippen molar-refractivity contribution < 1.29 is 4.79 Å². The van der Waals surface area contributed by atoms with Crippen LogP contribution in [0.5, 0.6) is 0 Å². The van der Waals surface area contributed by atoms with Crippen LogP contribution in [0.1, 0.15) is 56.3 Å². The molecule has 1 aromatic carbocycles. The first-order chi connectivity index (χ1) is 12.0. The highest BCUT2D eigenvalue weighted by atomic mass is 32.1. The number of aryl methyl sites for hydroxylation is 1. The molecule has 5 nitrogen and oxygen atoms in total. The fourth-order valence-electron chi connectivity index (χ4n) is 3.05. The Bertz CT molecular complexity index is 783. The van der Waals surface area contributed by atoms with Crippen LogP contribution in [0.2, 0.25) is 0 Å². The molecule has 0 bridgehead atoms. The minimum Gasteiger partial charge on any atom is -0.350 e. The second kappa shape index (κ2) is 7.95. The summed E-state index contributed by atoms with van der Waals surface area (Å²) in [6, 6.07) is 8.19. The van der Waals surface area contributed by atoms with E-state index in [1.165, 1.54) is 32.1 Å². The van der Waals surface area contributed by atoms with Gasteiger partial charge in [-0.1, -0.05) is 42.7 Å². The smallest absolute Gasteiger partial charge is 0.251 e. The van der Waals surface area contributed by atoms with Gasteiger partial charge >= 0.3 is 0 Å². The van der Waals surface area contributed by atoms with Crippen LogP contribution >= 0.6 is 11.3 Å². The van der Waals surface area contributed by atoms with Crippen molar-refractivity contribution in [2.24, 2.45) is 12.0 Å². The zero-order chi connectivity index (χ0) is 17.8. The molecular formula is C19H26N4OS. The quantitative estimate of drug-likeness (QED) is 0.909. The second-order valence-electron chi connectivity index (χ2n) is 6.94. The molecule has 0 atom stereocenters. The number of hydrogen-bond acceptors (Lipinski definition) is 4. The molecule has 1 aliphatic carbocycles. The molecule has 1 aliphatic rings. The summed E-state index contributed by atoms with van der Waals surface area (Å²) in [5.74, 6) is -0.0424. The molecule has 1 fully saturated rings. The Morgan fingerprint density at radius 1 is 1.24 bits per heavy atom. The number of carbonyl (C=O) groups is 1. The molecule has 0 radical (unpaired) electrons. The maximum absolute atomic E-state index is 12.0. The molecule has 1 amide bonds. The number of carbonyl (C=O) groups excluding carboxylic acids is 1. The first kappa shape index (κ1) is 17.9. The van der Waals surface area contributed by atoms with Gasteiger partial charge in [-0.05, 0) is 38.8 Å². The van der Waals surface area contributed by atoms with E-state index in [4.69, 9.17) is 4.99 Å². The zero-order valence-electron chi connectivity index (χ0n) is 15.2. The highest BCUT2D eigenvalue weighted by Gasteiger charge is 2.13. The lowest BCUT2D eigenvalue weighted by atomic mass is 9.96. The van der Waals surface area contributed by atoms with Crippen LogP contribution in [0, 0.1) is 0 Å². The largest absolute Gasteiger partial charge is 0.350 e. The predicted molar refractivity (Wildman–Crippen MR) is 102 cm³/mol. The maximum atomic E-state index is 12.0. The Balaban J connectivity index is 1.79. The van der Waals surface area contributed by atoms with E-state index in [2.05, 4.69) is 10.4 Å². The van der Waals surface area contributed by atoms with Crippen molar-refractivity contribution in [3.63, 3.8) is 0 Å². The Morgan fingerprint density at radius 3 is 2.56 bits per heavy atom. The van der Waals surface area contributed by atoms with Gasteiger partial charge in [0.1, 0.15) is 5.01 Å². The first-order valence-electron chi connectivity index (χ1n) is 9.02. The minimum atomic E-state index is -0.0424. The van der Waals surface area contributed by atoms with Crippen LogP contribution in [0.4, 0.5) is 0 Å². The molecule has 0 saturated heterocycles. The van der Waals surface area contributed by atoms with Gasteiger partial charge in [0.25, 0.3) is 5.91 Å². The van der Waals surface area contributed by atoms with Gasteiger partial charge in [0.15, 0.2) is 0 Å². The van der Waals surface area contributed by atoms with Crippen LogP contribution in [-0.2, 0) is 7.05 Å². The Kier molecular flexibility index (Phi) is 5.68. The van der Waals surface area contributed by atoms with Crippen molar-refractivity contribution in [3.05, 3.63) is 34.6 Å². The number of benzene rings is 1. The highest BCUT2D eigenvalue weighted by molar-refractivity contribution is 7.12. The van der Waals surface area contributed by atoms with Crippen LogP contribution in [0.3, 0.4) is 0 Å². The molecule has 1 N–H and O–H groups in total. The number of rotatable bonds is 4. The van der Waals surface area contributed by atoms with E-state index in [1.807, 2.05) is 49.8 Å². The average molecular weight is 359 g/mol. The molecule has 6 heteroatoms. The van der Waals surface area contributed by atoms with E-state index in [1.54, 1.807) is 11.3 Å². The van der Waals surface area contributed by atoms with E-state index < -0.39 is 0 Å². The Hall–Kier alpha value is -1.95. The molecule has 0 spiro atoms. The molecule has 3 rings (SSSR count). The number of nitrogens with one attached hydrogen (secondary N) is 1. The molecule has 0 aliphatic heterocycles. The third-order valence-electron chi connectivity index (χ3n) is 4.39. The molecular weight excluding hydrogens is 332 g/mol. The lowest BCUT2D eigenvalue weighted by Crippen LogP contribution is -2.29. The fraction of sp³-hybridized carbons (Fsp3) is 0.526. The summed E-state index contributed by atoms with van der Waals surface area (Å²) in [6.45, 7) is 3.92. The molecule has 1 heterocycles. The molecule has 2 aromatic rings. The maximum Gasteiger partial charge on any atom is 0.251 e. The number of hydrogen-bond donors (Lipinski definition) is 1. The summed E-state index contributed by atoms with van der Waals surface area (Å²) in [5.41, 5.74) is 1.69. The van der Waals surface area contributed by atoms with Gasteiger partial charge in [-0.2, -0.15) is 5.10 Å². The van der Waals surface area contributed by atoms with E-state index in [-0.39, 0.29) is 11.9 Å². The Labute approximate surface area is 152 Å². The third kappa shape index (κ3) is 4.57. The lowest BCUT2D eigenvalue weighted by Gasteiger charge is -2.16. The predicted octanol–water partition coefficient (Wildman–Crippen LogP) is 3.52. The third-order valence-corrected chi connectivity index (χ3v) is 5.45. The van der Waals surface area contributed by atoms with Gasteiger partial charge in [0, 0.05) is 24.2 Å². The van der Waals surface area contributed by atoms with Crippen LogP contribution in [-0.4, -0.2) is 27.8 Å². The first-order valence-corrected chi connectivity index (χ1v) is 9.84. The second-order valence-corrected chi connectivity index (χ2v) is 7.90. The zero-order valence-corrected chi connectivity index (χ0v) is 16.0. The van der Waals surface area contributed by atoms with Gasteiger partial charge in [0.05, 0.1) is 6.04 Å². The summed E-state index contributed by atoms with van der Waals surface area (Å²) in [7, 11) is 1.95. The van der Waals surface area contributed by atoms with Gasteiger partial charge in [0.2, 0.25) is 4.80 Å². The summed E-state index contributed by atoms with van der Waals surface area (Å²) >= 11 is 1.62. The van der Waals surface area contributed by atoms with Crippen molar-refractivity contribution in [2.75, 3.05) is 0 Å². The standard InChI is InChI=1S/C19H26N4OS/c1-13(2)20-17(24)14-9-11-15(12-10-14)18-22-23(3)19(25-18)21-16-7-5-4-6-8-16/h9-13,16H,4-8H2,1-3H3,(H,20,24). The summed E-state index contributed by atoms with van der Waals surface area (Å²) in [6.07, 6.45) is 6.27. The fourth-order valence-corrected chi connectivity index (χ4v) is 4.02. The lowest BCUT2D eigenvalue weighted by molar-refractivity contribution is 0.0943. The topological polar surface area (TPSA) is 59.3 Å². The SMILES string of the molecule is CC(C)NC(=O)c1ccc(-c2nn(C)c(=NC3CCCCC3)s2)cc1. The van der Waals surface area contributed by atoms with Gasteiger partial charge in [-0.3, -0.25) is 9.79 Å². The monoisotopic (exact) mass is 358 g/mol. The molecule has 134 valence electrons. The van der Waals surface area contributed by atoms with Crippen molar-refractivity contribution in [2.45, 2.75) is 58.0 Å². The normalized spacial score (nSPS) is 16.4. The van der Waals surface area contributed by atoms with Crippen molar-refractivity contribution in [1.82, 2.24) is 15.1 Å². The van der Waals surface area contributed by atoms with Gasteiger partial charge < -0.3 is 5.32 Å². The summed E-state index contributed by atoms with van der Waals surface area (Å²) in [4.78, 5) is 17.9.